The fraction of sp³-hybridized carbons (Fsp3) is 0.257. The summed E-state index contributed by atoms with van der Waals surface area (Å²) in [5, 5.41) is 7.74. The molecular formula is C35H32N4O6S. The van der Waals surface area contributed by atoms with Gasteiger partial charge in [0.2, 0.25) is 0 Å². The first-order valence-corrected chi connectivity index (χ1v) is 16.1. The lowest BCUT2D eigenvalue weighted by atomic mass is 9.99. The summed E-state index contributed by atoms with van der Waals surface area (Å²) < 4.78 is 12.2. The van der Waals surface area contributed by atoms with Crippen LogP contribution in [0.25, 0.3) is 0 Å². The molecule has 11 heteroatoms. The van der Waals surface area contributed by atoms with Gasteiger partial charge in [-0.15, -0.1) is 11.3 Å². The zero-order valence-corrected chi connectivity index (χ0v) is 25.8. The highest BCUT2D eigenvalue weighted by Crippen LogP contribution is 2.26. The van der Waals surface area contributed by atoms with Gasteiger partial charge in [-0.2, -0.15) is 0 Å². The normalized spacial score (nSPS) is 19.6. The van der Waals surface area contributed by atoms with Gasteiger partial charge in [0.05, 0.1) is 17.5 Å². The fourth-order valence-corrected chi connectivity index (χ4v) is 6.75. The van der Waals surface area contributed by atoms with E-state index in [-0.39, 0.29) is 60.8 Å². The second-order valence-corrected chi connectivity index (χ2v) is 12.6. The molecule has 3 aromatic carbocycles. The largest absolute Gasteiger partial charge is 0.486 e. The number of likely N-dealkylation sites (tertiary alicyclic amines) is 1. The van der Waals surface area contributed by atoms with Crippen LogP contribution in [0.15, 0.2) is 84.2 Å². The van der Waals surface area contributed by atoms with Gasteiger partial charge in [-0.3, -0.25) is 19.2 Å². The highest BCUT2D eigenvalue weighted by molar-refractivity contribution is 7.12. The van der Waals surface area contributed by atoms with E-state index < -0.39 is 18.1 Å². The molecule has 2 atom stereocenters. The van der Waals surface area contributed by atoms with Crippen LogP contribution in [0.5, 0.6) is 11.5 Å². The summed E-state index contributed by atoms with van der Waals surface area (Å²) in [4.78, 5) is 57.6. The number of amides is 4. The molecule has 1 aromatic heterocycles. The second-order valence-electron chi connectivity index (χ2n) is 11.6. The number of fused-ring (bicyclic) bond motifs is 8. The molecule has 46 heavy (non-hydrogen) atoms. The molecule has 0 spiro atoms. The van der Waals surface area contributed by atoms with Crippen molar-refractivity contribution in [3.05, 3.63) is 117 Å². The maximum Gasteiger partial charge on any atom is 0.264 e. The molecule has 234 valence electrons. The highest BCUT2D eigenvalue weighted by Gasteiger charge is 2.39. The van der Waals surface area contributed by atoms with E-state index in [1.165, 1.54) is 23.0 Å². The Hall–Kier alpha value is -5.16. The number of hydrogen-bond donors (Lipinski definition) is 2. The molecule has 0 radical (unpaired) electrons. The molecule has 2 N–H and O–H groups in total. The third-order valence-corrected chi connectivity index (χ3v) is 9.36. The van der Waals surface area contributed by atoms with E-state index in [1.807, 2.05) is 41.8 Å². The standard InChI is InChI=1S/C35H32N4O6S/c40-32-21-44-28-15-25(14-26(16-28)34(42)38-12-11-23-4-1-2-5-24(23)18-38)33(41)37-29-19-39(35(43)31-6-3-13-46-31)20-30(29)45-27-9-7-22(8-10-27)17-36-32/h1-10,13-16,29-30H,11-12,17-21H2,(H,36,40)(H,37,41)/t29-,30-/m0/s1. The Kier molecular flexibility index (Phi) is 8.15. The minimum Gasteiger partial charge on any atom is -0.486 e. The summed E-state index contributed by atoms with van der Waals surface area (Å²) in [7, 11) is 0. The highest BCUT2D eigenvalue weighted by atomic mass is 32.1. The number of hydrogen-bond acceptors (Lipinski definition) is 7. The lowest BCUT2D eigenvalue weighted by Gasteiger charge is -2.29. The van der Waals surface area contributed by atoms with Crippen LogP contribution in [0, 0.1) is 0 Å². The predicted octanol–water partition coefficient (Wildman–Crippen LogP) is 3.66. The van der Waals surface area contributed by atoms with Crippen LogP contribution in [-0.4, -0.2) is 71.8 Å². The molecule has 4 aliphatic heterocycles. The average Bonchev–Trinajstić information content (AvgIpc) is 3.76. The van der Waals surface area contributed by atoms with Crippen LogP contribution in [-0.2, 0) is 24.3 Å². The topological polar surface area (TPSA) is 117 Å². The maximum atomic E-state index is 13.8. The third-order valence-electron chi connectivity index (χ3n) is 8.51. The van der Waals surface area contributed by atoms with Gasteiger partial charge in [0.25, 0.3) is 23.6 Å². The van der Waals surface area contributed by atoms with Gasteiger partial charge in [0.1, 0.15) is 17.6 Å². The smallest absolute Gasteiger partial charge is 0.264 e. The Bertz CT molecular complexity index is 1790. The summed E-state index contributed by atoms with van der Waals surface area (Å²) in [6.45, 7) is 1.53. The molecular weight excluding hydrogens is 604 g/mol. The van der Waals surface area contributed by atoms with E-state index in [4.69, 9.17) is 9.47 Å². The van der Waals surface area contributed by atoms with Crippen LogP contribution >= 0.6 is 11.3 Å². The molecule has 5 heterocycles. The molecule has 0 unspecified atom stereocenters. The molecule has 4 aromatic rings. The second kappa shape index (κ2) is 12.7. The van der Waals surface area contributed by atoms with E-state index >= 15 is 0 Å². The van der Waals surface area contributed by atoms with Crippen LogP contribution in [0.4, 0.5) is 0 Å². The number of nitrogens with zero attached hydrogens (tertiary/aromatic N) is 2. The van der Waals surface area contributed by atoms with E-state index in [0.717, 1.165) is 17.5 Å². The monoisotopic (exact) mass is 636 g/mol. The molecule has 4 bridgehead atoms. The molecule has 10 nitrogen and oxygen atoms in total. The molecule has 0 aliphatic carbocycles. The third kappa shape index (κ3) is 6.32. The Labute approximate surface area is 269 Å². The quantitative estimate of drug-likeness (QED) is 0.347. The van der Waals surface area contributed by atoms with Crippen molar-refractivity contribution in [2.75, 3.05) is 26.2 Å². The van der Waals surface area contributed by atoms with E-state index in [2.05, 4.69) is 16.7 Å². The molecule has 1 fully saturated rings. The first kappa shape index (κ1) is 29.5. The minimum atomic E-state index is -0.530. The Morgan fingerprint density at radius 2 is 1.67 bits per heavy atom. The predicted molar refractivity (Wildman–Crippen MR) is 171 cm³/mol. The molecule has 4 amide bonds. The van der Waals surface area contributed by atoms with E-state index in [1.54, 1.807) is 40.1 Å². The minimum absolute atomic E-state index is 0.125. The number of nitrogens with one attached hydrogen (secondary N) is 2. The van der Waals surface area contributed by atoms with Gasteiger partial charge >= 0.3 is 0 Å². The number of carbonyl (C=O) groups excluding carboxylic acids is 4. The van der Waals surface area contributed by atoms with Gasteiger partial charge in [0.15, 0.2) is 6.61 Å². The molecule has 1 saturated heterocycles. The summed E-state index contributed by atoms with van der Waals surface area (Å²) in [6, 6.07) is 23.1. The molecule has 4 aliphatic rings. The summed E-state index contributed by atoms with van der Waals surface area (Å²) in [6.07, 6.45) is 0.208. The fourth-order valence-electron chi connectivity index (χ4n) is 6.06. The van der Waals surface area contributed by atoms with Gasteiger partial charge < -0.3 is 29.9 Å². The zero-order valence-electron chi connectivity index (χ0n) is 24.9. The van der Waals surface area contributed by atoms with Gasteiger partial charge in [-0.1, -0.05) is 42.5 Å². The van der Waals surface area contributed by atoms with Crippen molar-refractivity contribution in [3.63, 3.8) is 0 Å². The zero-order chi connectivity index (χ0) is 31.6. The van der Waals surface area contributed by atoms with Crippen molar-refractivity contribution in [3.8, 4) is 11.5 Å². The van der Waals surface area contributed by atoms with Crippen molar-refractivity contribution in [1.82, 2.24) is 20.4 Å². The molecule has 0 saturated carbocycles. The SMILES string of the molecule is O=C1COc2cc(cc(C(=O)N3CCc4ccccc4C3)c2)C(=O)N[C@H]2CN(C(=O)c3cccs3)C[C@@H]2Oc2ccc(cc2)CN1. The lowest BCUT2D eigenvalue weighted by molar-refractivity contribution is -0.123. The van der Waals surface area contributed by atoms with Crippen molar-refractivity contribution in [2.24, 2.45) is 0 Å². The number of thiophene rings is 1. The summed E-state index contributed by atoms with van der Waals surface area (Å²) >= 11 is 1.36. The maximum absolute atomic E-state index is 13.8. The number of rotatable bonds is 2. The summed E-state index contributed by atoms with van der Waals surface area (Å²) in [5.41, 5.74) is 3.66. The first-order chi connectivity index (χ1) is 22.4. The number of benzene rings is 3. The Morgan fingerprint density at radius 3 is 2.48 bits per heavy atom. The van der Waals surface area contributed by atoms with Crippen LogP contribution < -0.4 is 20.1 Å². The van der Waals surface area contributed by atoms with Crippen LogP contribution in [0.1, 0.15) is 47.1 Å². The van der Waals surface area contributed by atoms with Gasteiger partial charge in [-0.25, -0.2) is 0 Å². The first-order valence-electron chi connectivity index (χ1n) is 15.2. The van der Waals surface area contributed by atoms with Gasteiger partial charge in [0, 0.05) is 37.3 Å². The number of ether oxygens (including phenoxy) is 2. The Balaban J connectivity index is 1.19. The number of carbonyl (C=O) groups is 4. The van der Waals surface area contributed by atoms with Gasteiger partial charge in [-0.05, 0) is 64.9 Å². The Morgan fingerprint density at radius 1 is 0.848 bits per heavy atom. The van der Waals surface area contributed by atoms with E-state index in [9.17, 15) is 19.2 Å². The van der Waals surface area contributed by atoms with Crippen molar-refractivity contribution < 1.29 is 28.7 Å². The van der Waals surface area contributed by atoms with Crippen molar-refractivity contribution in [2.45, 2.75) is 31.7 Å². The van der Waals surface area contributed by atoms with E-state index in [0.29, 0.717) is 23.7 Å². The molecule has 8 rings (SSSR count). The summed E-state index contributed by atoms with van der Waals surface area (Å²) in [5.74, 6) is -0.344. The lowest BCUT2D eigenvalue weighted by Crippen LogP contribution is -2.45. The van der Waals surface area contributed by atoms with Crippen molar-refractivity contribution in [1.29, 1.82) is 0 Å². The van der Waals surface area contributed by atoms with Crippen LogP contribution in [0.2, 0.25) is 0 Å². The van der Waals surface area contributed by atoms with Crippen LogP contribution in [0.3, 0.4) is 0 Å². The van der Waals surface area contributed by atoms with Crippen molar-refractivity contribution >= 4 is 35.0 Å². The average molecular weight is 637 g/mol.